The molecule has 128 valence electrons. The Balaban J connectivity index is 1.76. The van der Waals surface area contributed by atoms with Crippen molar-refractivity contribution in [3.63, 3.8) is 0 Å². The highest BCUT2D eigenvalue weighted by Gasteiger charge is 2.36. The van der Waals surface area contributed by atoms with Crippen LogP contribution in [0.25, 0.3) is 0 Å². The number of β-amino-alcohol motifs (C(OH)–C–C–N with tert-alkyl or cyclic N) is 1. The van der Waals surface area contributed by atoms with Crippen molar-refractivity contribution in [3.05, 3.63) is 17.6 Å². The molecule has 2 saturated heterocycles. The molecule has 0 radical (unpaired) electrons. The number of nitrogens with one attached hydrogen (secondary N) is 1. The lowest BCUT2D eigenvalue weighted by Crippen LogP contribution is -2.50. The second-order valence-corrected chi connectivity index (χ2v) is 5.93. The standard InChI is InChI=1S/C14H19F3N4O2/c15-14(16,17)13-19-9(6-21-7-10(22)8-21)5-12(20-13)23-11-1-3-18-4-2-11/h5,10-11,18,22H,1-4,6-8H2. The molecule has 6 nitrogen and oxygen atoms in total. The van der Waals surface area contributed by atoms with E-state index < -0.39 is 18.1 Å². The molecule has 0 atom stereocenters. The molecule has 1 aromatic rings. The van der Waals surface area contributed by atoms with E-state index in [2.05, 4.69) is 15.3 Å². The van der Waals surface area contributed by atoms with E-state index in [4.69, 9.17) is 4.74 Å². The number of aromatic nitrogens is 2. The summed E-state index contributed by atoms with van der Waals surface area (Å²) in [5.41, 5.74) is 0.253. The van der Waals surface area contributed by atoms with Crippen LogP contribution in [0.2, 0.25) is 0 Å². The van der Waals surface area contributed by atoms with E-state index in [9.17, 15) is 18.3 Å². The van der Waals surface area contributed by atoms with Crippen LogP contribution in [0.5, 0.6) is 5.88 Å². The van der Waals surface area contributed by atoms with Gasteiger partial charge in [-0.05, 0) is 25.9 Å². The molecular formula is C14H19F3N4O2. The molecular weight excluding hydrogens is 313 g/mol. The molecule has 0 amide bonds. The van der Waals surface area contributed by atoms with Crippen LogP contribution in [0.4, 0.5) is 13.2 Å². The predicted octanol–water partition coefficient (Wildman–Crippen LogP) is 0.803. The van der Waals surface area contributed by atoms with Gasteiger partial charge in [0.2, 0.25) is 11.7 Å². The van der Waals surface area contributed by atoms with E-state index in [0.717, 1.165) is 25.9 Å². The lowest BCUT2D eigenvalue weighted by Gasteiger charge is -2.35. The van der Waals surface area contributed by atoms with Crippen LogP contribution < -0.4 is 10.1 Å². The van der Waals surface area contributed by atoms with Crippen molar-refractivity contribution in [3.8, 4) is 5.88 Å². The van der Waals surface area contributed by atoms with Crippen molar-refractivity contribution in [2.75, 3.05) is 26.2 Å². The van der Waals surface area contributed by atoms with E-state index in [0.29, 0.717) is 13.1 Å². The van der Waals surface area contributed by atoms with Crippen LogP contribution in [0.1, 0.15) is 24.4 Å². The summed E-state index contributed by atoms with van der Waals surface area (Å²) in [6, 6.07) is 1.46. The van der Waals surface area contributed by atoms with Crippen LogP contribution in [0, 0.1) is 0 Å². The minimum atomic E-state index is -4.61. The van der Waals surface area contributed by atoms with Gasteiger partial charge in [-0.3, -0.25) is 4.90 Å². The summed E-state index contributed by atoms with van der Waals surface area (Å²) >= 11 is 0. The molecule has 3 heterocycles. The van der Waals surface area contributed by atoms with Crippen molar-refractivity contribution < 1.29 is 23.0 Å². The quantitative estimate of drug-likeness (QED) is 0.850. The predicted molar refractivity (Wildman–Crippen MR) is 74.8 cm³/mol. The van der Waals surface area contributed by atoms with Gasteiger partial charge in [-0.25, -0.2) is 4.98 Å². The highest BCUT2D eigenvalue weighted by Crippen LogP contribution is 2.29. The van der Waals surface area contributed by atoms with Gasteiger partial charge in [0.25, 0.3) is 0 Å². The average Bonchev–Trinajstić information content (AvgIpc) is 2.45. The Morgan fingerprint density at radius 1 is 1.26 bits per heavy atom. The highest BCUT2D eigenvalue weighted by molar-refractivity contribution is 5.18. The van der Waals surface area contributed by atoms with Gasteiger partial charge in [-0.1, -0.05) is 0 Å². The molecule has 0 bridgehead atoms. The fourth-order valence-corrected chi connectivity index (χ4v) is 2.73. The Kier molecular flexibility index (Phi) is 4.69. The Morgan fingerprint density at radius 2 is 1.96 bits per heavy atom. The number of hydrogen-bond acceptors (Lipinski definition) is 6. The van der Waals surface area contributed by atoms with Crippen molar-refractivity contribution in [2.45, 2.75) is 37.8 Å². The Morgan fingerprint density at radius 3 is 2.57 bits per heavy atom. The van der Waals surface area contributed by atoms with Crippen LogP contribution in [0.3, 0.4) is 0 Å². The van der Waals surface area contributed by atoms with Crippen molar-refractivity contribution in [1.82, 2.24) is 20.2 Å². The molecule has 9 heteroatoms. The smallest absolute Gasteiger partial charge is 0.451 e. The normalized spacial score (nSPS) is 21.2. The zero-order valence-corrected chi connectivity index (χ0v) is 12.5. The Hall–Kier alpha value is -1.45. The lowest BCUT2D eigenvalue weighted by molar-refractivity contribution is -0.145. The van der Waals surface area contributed by atoms with E-state index in [-0.39, 0.29) is 24.2 Å². The summed E-state index contributed by atoms with van der Waals surface area (Å²) in [5, 5.41) is 12.4. The summed E-state index contributed by atoms with van der Waals surface area (Å²) in [5.74, 6) is -1.21. The first-order chi connectivity index (χ1) is 10.9. The zero-order chi connectivity index (χ0) is 16.4. The number of aliphatic hydroxyl groups is 1. The van der Waals surface area contributed by atoms with Crippen molar-refractivity contribution >= 4 is 0 Å². The second-order valence-electron chi connectivity index (χ2n) is 5.93. The van der Waals surface area contributed by atoms with Crippen molar-refractivity contribution in [2.24, 2.45) is 0 Å². The third-order valence-electron chi connectivity index (χ3n) is 3.91. The van der Waals surface area contributed by atoms with Gasteiger partial charge in [-0.2, -0.15) is 18.2 Å². The van der Waals surface area contributed by atoms with Crippen LogP contribution in [0.15, 0.2) is 6.07 Å². The topological polar surface area (TPSA) is 70.5 Å². The molecule has 0 spiro atoms. The fraction of sp³-hybridized carbons (Fsp3) is 0.714. The van der Waals surface area contributed by atoms with E-state index >= 15 is 0 Å². The number of piperidine rings is 1. The number of nitrogens with zero attached hydrogens (tertiary/aromatic N) is 3. The first kappa shape index (κ1) is 16.4. The summed E-state index contributed by atoms with van der Waals surface area (Å²) < 4.78 is 44.6. The number of aliphatic hydroxyl groups excluding tert-OH is 1. The molecule has 2 N–H and O–H groups in total. The minimum absolute atomic E-state index is 0.0321. The minimum Gasteiger partial charge on any atom is -0.474 e. The van der Waals surface area contributed by atoms with Gasteiger partial charge < -0.3 is 15.2 Å². The number of rotatable bonds is 4. The van der Waals surface area contributed by atoms with Gasteiger partial charge >= 0.3 is 6.18 Å². The number of ether oxygens (including phenoxy) is 1. The van der Waals surface area contributed by atoms with Gasteiger partial charge in [0.05, 0.1) is 11.8 Å². The molecule has 2 fully saturated rings. The summed E-state index contributed by atoms with van der Waals surface area (Å²) in [7, 11) is 0. The molecule has 3 rings (SSSR count). The largest absolute Gasteiger partial charge is 0.474 e. The summed E-state index contributed by atoms with van der Waals surface area (Å²) in [4.78, 5) is 8.93. The first-order valence-electron chi connectivity index (χ1n) is 7.63. The SMILES string of the molecule is OC1CN(Cc2cc(OC3CCNCC3)nc(C(F)(F)F)n2)C1. The number of likely N-dealkylation sites (tertiary alicyclic amines) is 1. The third kappa shape index (κ3) is 4.30. The molecule has 0 saturated carbocycles. The summed E-state index contributed by atoms with van der Waals surface area (Å²) in [6.07, 6.45) is -3.69. The molecule has 0 unspecified atom stereocenters. The van der Waals surface area contributed by atoms with Crippen molar-refractivity contribution in [1.29, 1.82) is 0 Å². The molecule has 0 aliphatic carbocycles. The van der Waals surface area contributed by atoms with Crippen LogP contribution in [-0.4, -0.2) is 58.4 Å². The fourth-order valence-electron chi connectivity index (χ4n) is 2.73. The van der Waals surface area contributed by atoms with E-state index in [1.54, 1.807) is 0 Å². The number of alkyl halides is 3. The maximum absolute atomic E-state index is 13.0. The van der Waals surface area contributed by atoms with E-state index in [1.165, 1.54) is 6.07 Å². The van der Waals surface area contributed by atoms with Crippen LogP contribution >= 0.6 is 0 Å². The second kappa shape index (κ2) is 6.58. The van der Waals surface area contributed by atoms with Gasteiger partial charge in [0.1, 0.15) is 6.10 Å². The Bertz CT molecular complexity index is 543. The summed E-state index contributed by atoms with van der Waals surface area (Å²) in [6.45, 7) is 2.68. The monoisotopic (exact) mass is 332 g/mol. The maximum Gasteiger partial charge on any atom is 0.451 e. The molecule has 0 aromatic carbocycles. The first-order valence-corrected chi connectivity index (χ1v) is 7.63. The van der Waals surface area contributed by atoms with Gasteiger partial charge in [0.15, 0.2) is 0 Å². The van der Waals surface area contributed by atoms with Crippen LogP contribution in [-0.2, 0) is 12.7 Å². The average molecular weight is 332 g/mol. The lowest BCUT2D eigenvalue weighted by atomic mass is 10.1. The third-order valence-corrected chi connectivity index (χ3v) is 3.91. The molecule has 1 aromatic heterocycles. The van der Waals surface area contributed by atoms with Gasteiger partial charge in [0, 0.05) is 25.7 Å². The van der Waals surface area contributed by atoms with E-state index in [1.807, 2.05) is 4.90 Å². The maximum atomic E-state index is 13.0. The van der Waals surface area contributed by atoms with Gasteiger partial charge in [-0.15, -0.1) is 0 Å². The Labute approximate surface area is 131 Å². The zero-order valence-electron chi connectivity index (χ0n) is 12.5. The molecule has 23 heavy (non-hydrogen) atoms. The molecule has 2 aliphatic heterocycles. The molecule has 2 aliphatic rings. The highest BCUT2D eigenvalue weighted by atomic mass is 19.4. The number of hydrogen-bond donors (Lipinski definition) is 2. The number of halogens is 3.